The number of fused-ring (bicyclic) bond motifs is 1. The zero-order valence-electron chi connectivity index (χ0n) is 6.17. The van der Waals surface area contributed by atoms with Gasteiger partial charge in [0.05, 0.1) is 0 Å². The Morgan fingerprint density at radius 1 is 1.09 bits per heavy atom. The van der Waals surface area contributed by atoms with Gasteiger partial charge < -0.3 is 0 Å². The van der Waals surface area contributed by atoms with E-state index in [0.29, 0.717) is 0 Å². The van der Waals surface area contributed by atoms with E-state index in [2.05, 4.69) is 25.1 Å². The van der Waals surface area contributed by atoms with Crippen molar-refractivity contribution in [2.75, 3.05) is 0 Å². The summed E-state index contributed by atoms with van der Waals surface area (Å²) in [6.45, 7) is 3.89. The molecular formula is C11H8. The molecule has 0 unspecified atom stereocenters. The normalized spacial score (nSPS) is 10.3. The van der Waals surface area contributed by atoms with Gasteiger partial charge in [0.15, 0.2) is 0 Å². The molecule has 11 heavy (non-hydrogen) atoms. The highest BCUT2D eigenvalue weighted by Gasteiger charge is 1.92. The van der Waals surface area contributed by atoms with E-state index in [1.165, 1.54) is 10.8 Å². The molecule has 2 aromatic rings. The van der Waals surface area contributed by atoms with Crippen LogP contribution in [-0.2, 0) is 0 Å². The van der Waals surface area contributed by atoms with Crippen molar-refractivity contribution >= 4 is 10.8 Å². The smallest absolute Gasteiger partial charge is 0.0142 e. The largest absolute Gasteiger partial charge is 0.0616 e. The molecule has 0 aliphatic rings. The van der Waals surface area contributed by atoms with Crippen LogP contribution < -0.4 is 0 Å². The molecule has 0 saturated heterocycles. The van der Waals surface area contributed by atoms with E-state index in [4.69, 9.17) is 0 Å². The van der Waals surface area contributed by atoms with Gasteiger partial charge in [0, 0.05) is 0 Å². The lowest BCUT2D eigenvalue weighted by Gasteiger charge is -1.98. The molecule has 0 aliphatic carbocycles. The molecule has 2 rings (SSSR count). The highest BCUT2D eigenvalue weighted by atomic mass is 14.0. The van der Waals surface area contributed by atoms with Gasteiger partial charge in [-0.1, -0.05) is 36.4 Å². The molecule has 0 heteroatoms. The van der Waals surface area contributed by atoms with E-state index < -0.39 is 0 Å². The van der Waals surface area contributed by atoms with Gasteiger partial charge in [0.1, 0.15) is 0 Å². The Labute approximate surface area is 66.5 Å². The van der Waals surface area contributed by atoms with Crippen LogP contribution in [0.1, 0.15) is 5.56 Å². The topological polar surface area (TPSA) is 0 Å². The third-order valence-electron chi connectivity index (χ3n) is 1.81. The summed E-state index contributed by atoms with van der Waals surface area (Å²) in [6, 6.07) is 15.2. The molecule has 0 heterocycles. The molecule has 0 fully saturated rings. The van der Waals surface area contributed by atoms with Gasteiger partial charge in [-0.25, -0.2) is 0 Å². The van der Waals surface area contributed by atoms with E-state index >= 15 is 0 Å². The minimum absolute atomic E-state index is 0.975. The average Bonchev–Trinajstić information content (AvgIpc) is 2.06. The number of hydrogen-bond donors (Lipinski definition) is 0. The molecule has 0 spiro atoms. The van der Waals surface area contributed by atoms with E-state index in [-0.39, 0.29) is 0 Å². The minimum atomic E-state index is 0.975. The van der Waals surface area contributed by atoms with Crippen LogP contribution in [0.2, 0.25) is 0 Å². The number of rotatable bonds is 0. The van der Waals surface area contributed by atoms with Crippen LogP contribution in [0, 0.1) is 13.0 Å². The third kappa shape index (κ3) is 1.01. The van der Waals surface area contributed by atoms with Crippen LogP contribution in [0.15, 0.2) is 36.4 Å². The maximum atomic E-state index is 3.89. The van der Waals surface area contributed by atoms with Gasteiger partial charge in [-0.05, 0) is 29.3 Å². The third-order valence-corrected chi connectivity index (χ3v) is 1.81. The van der Waals surface area contributed by atoms with Crippen molar-refractivity contribution in [3.8, 4) is 0 Å². The second-order valence-corrected chi connectivity index (χ2v) is 2.54. The molecule has 0 nitrogen and oxygen atoms in total. The SMILES string of the molecule is [CH2]c1[c]ccc2ccccc12. The zero-order chi connectivity index (χ0) is 7.68. The molecule has 0 aromatic heterocycles. The lowest BCUT2D eigenvalue weighted by molar-refractivity contribution is 1.66. The predicted molar refractivity (Wildman–Crippen MR) is 47.2 cm³/mol. The van der Waals surface area contributed by atoms with E-state index in [1.807, 2.05) is 24.3 Å². The molecule has 0 aliphatic heterocycles. The van der Waals surface area contributed by atoms with E-state index in [0.717, 1.165) is 5.56 Å². The average molecular weight is 140 g/mol. The van der Waals surface area contributed by atoms with Crippen LogP contribution >= 0.6 is 0 Å². The van der Waals surface area contributed by atoms with E-state index in [9.17, 15) is 0 Å². The highest BCUT2D eigenvalue weighted by Crippen LogP contribution is 2.16. The lowest BCUT2D eigenvalue weighted by atomic mass is 10.1. The van der Waals surface area contributed by atoms with E-state index in [1.54, 1.807) is 0 Å². The van der Waals surface area contributed by atoms with Gasteiger partial charge in [-0.3, -0.25) is 0 Å². The minimum Gasteiger partial charge on any atom is -0.0616 e. The summed E-state index contributed by atoms with van der Waals surface area (Å²) in [6.07, 6.45) is 0. The van der Waals surface area contributed by atoms with Crippen molar-refractivity contribution in [3.63, 3.8) is 0 Å². The summed E-state index contributed by atoms with van der Waals surface area (Å²) in [4.78, 5) is 0. The molecule has 0 saturated carbocycles. The Morgan fingerprint density at radius 2 is 1.91 bits per heavy atom. The van der Waals surface area contributed by atoms with Gasteiger partial charge in [-0.2, -0.15) is 0 Å². The maximum Gasteiger partial charge on any atom is -0.0142 e. The van der Waals surface area contributed by atoms with Crippen LogP contribution in [0.5, 0.6) is 0 Å². The van der Waals surface area contributed by atoms with Crippen LogP contribution in [0.3, 0.4) is 0 Å². The highest BCUT2D eigenvalue weighted by molar-refractivity contribution is 5.85. The number of hydrogen-bond acceptors (Lipinski definition) is 0. The molecule has 0 atom stereocenters. The lowest BCUT2D eigenvalue weighted by Crippen LogP contribution is -1.75. The Balaban J connectivity index is 2.91. The molecule has 52 valence electrons. The molecule has 0 N–H and O–H groups in total. The molecule has 0 bridgehead atoms. The Bertz CT molecular complexity index is 369. The van der Waals surface area contributed by atoms with Gasteiger partial charge >= 0.3 is 0 Å². The summed E-state index contributed by atoms with van der Waals surface area (Å²) >= 11 is 0. The first-order chi connectivity index (χ1) is 5.38. The second-order valence-electron chi connectivity index (χ2n) is 2.54. The monoisotopic (exact) mass is 140 g/mol. The van der Waals surface area contributed by atoms with Gasteiger partial charge in [0.25, 0.3) is 0 Å². The Morgan fingerprint density at radius 3 is 2.73 bits per heavy atom. The van der Waals surface area contributed by atoms with Crippen molar-refractivity contribution in [2.45, 2.75) is 0 Å². The fourth-order valence-corrected chi connectivity index (χ4v) is 1.23. The summed E-state index contributed by atoms with van der Waals surface area (Å²) in [5.74, 6) is 0. The summed E-state index contributed by atoms with van der Waals surface area (Å²) in [5.41, 5.74) is 0.975. The van der Waals surface area contributed by atoms with Gasteiger partial charge in [-0.15, -0.1) is 0 Å². The fraction of sp³-hybridized carbons (Fsp3) is 0. The molecule has 2 aromatic carbocycles. The molecule has 2 radical (unpaired) electrons. The molecular weight excluding hydrogens is 132 g/mol. The van der Waals surface area contributed by atoms with Gasteiger partial charge in [0.2, 0.25) is 0 Å². The van der Waals surface area contributed by atoms with Crippen molar-refractivity contribution in [3.05, 3.63) is 55.0 Å². The first-order valence-electron chi connectivity index (χ1n) is 3.59. The summed E-state index contributed by atoms with van der Waals surface area (Å²) < 4.78 is 0. The van der Waals surface area contributed by atoms with Crippen LogP contribution in [0.25, 0.3) is 10.8 Å². The molecule has 0 amide bonds. The summed E-state index contributed by atoms with van der Waals surface area (Å²) in [5, 5.41) is 2.42. The predicted octanol–water partition coefficient (Wildman–Crippen LogP) is 2.82. The van der Waals surface area contributed by atoms with Crippen molar-refractivity contribution in [2.24, 2.45) is 0 Å². The zero-order valence-corrected chi connectivity index (χ0v) is 6.17. The number of benzene rings is 2. The maximum absolute atomic E-state index is 3.89. The van der Waals surface area contributed by atoms with Crippen LogP contribution in [0.4, 0.5) is 0 Å². The fourth-order valence-electron chi connectivity index (χ4n) is 1.23. The van der Waals surface area contributed by atoms with Crippen molar-refractivity contribution in [1.82, 2.24) is 0 Å². The second kappa shape index (κ2) is 2.39. The first kappa shape index (κ1) is 6.41. The first-order valence-corrected chi connectivity index (χ1v) is 3.59. The Hall–Kier alpha value is -1.30. The van der Waals surface area contributed by atoms with Crippen molar-refractivity contribution in [1.29, 1.82) is 0 Å². The van der Waals surface area contributed by atoms with Crippen molar-refractivity contribution < 1.29 is 0 Å². The van der Waals surface area contributed by atoms with Crippen LogP contribution in [-0.4, -0.2) is 0 Å². The Kier molecular flexibility index (Phi) is 1.39. The standard InChI is InChI=1S/C11H8/c1-9-5-4-7-10-6-2-3-8-11(9)10/h2-4,6-8H,1H2. The quantitative estimate of drug-likeness (QED) is 0.527. The summed E-state index contributed by atoms with van der Waals surface area (Å²) in [7, 11) is 0.